The second kappa shape index (κ2) is 11.4. The molecule has 1 aliphatic heterocycles. The van der Waals surface area contributed by atoms with Gasteiger partial charge in [0.1, 0.15) is 5.82 Å². The van der Waals surface area contributed by atoms with Gasteiger partial charge in [0.25, 0.3) is 5.22 Å². The van der Waals surface area contributed by atoms with Crippen LogP contribution in [-0.4, -0.2) is 77.1 Å². The van der Waals surface area contributed by atoms with E-state index < -0.39 is 0 Å². The Labute approximate surface area is 207 Å². The number of carbonyl (C=O) groups is 1. The van der Waals surface area contributed by atoms with E-state index >= 15 is 0 Å². The first-order chi connectivity index (χ1) is 16.0. The van der Waals surface area contributed by atoms with Crippen LogP contribution in [0.25, 0.3) is 10.9 Å². The average molecular weight is 510 g/mol. The molecular weight excluding hydrogens is 482 g/mol. The summed E-state index contributed by atoms with van der Waals surface area (Å²) in [6, 6.07) is 3.55. The minimum absolute atomic E-state index is 0. The molecule has 0 aliphatic carbocycles. The van der Waals surface area contributed by atoms with Crippen molar-refractivity contribution in [3.63, 3.8) is 0 Å². The molecule has 1 aliphatic rings. The molecule has 34 heavy (non-hydrogen) atoms. The molecule has 1 fully saturated rings. The Hall–Kier alpha value is -2.99. The van der Waals surface area contributed by atoms with E-state index in [1.54, 1.807) is 31.3 Å². The summed E-state index contributed by atoms with van der Waals surface area (Å²) in [5, 5.41) is 9.00. The number of nitrogens with zero attached hydrogens (tertiary/aromatic N) is 6. The zero-order chi connectivity index (χ0) is 23.4. The predicted octanol–water partition coefficient (Wildman–Crippen LogP) is 2.89. The third kappa shape index (κ3) is 5.39. The molecule has 3 aromatic rings. The SMILES string of the molecule is CCCCSc1nnc(C(=O)N2CCN(c3nc(N)c4cc(OC)c(OC)cc4n3)CC2)o1.Cl. The van der Waals surface area contributed by atoms with Gasteiger partial charge < -0.3 is 29.4 Å². The van der Waals surface area contributed by atoms with Gasteiger partial charge in [0.15, 0.2) is 11.5 Å². The van der Waals surface area contributed by atoms with Crippen molar-refractivity contribution in [1.82, 2.24) is 25.1 Å². The normalized spacial score (nSPS) is 13.6. The maximum absolute atomic E-state index is 12.8. The number of piperazine rings is 1. The van der Waals surface area contributed by atoms with E-state index in [1.165, 1.54) is 11.8 Å². The molecule has 0 atom stereocenters. The van der Waals surface area contributed by atoms with E-state index in [1.807, 2.05) is 4.90 Å². The fraction of sp³-hybridized carbons (Fsp3) is 0.476. The van der Waals surface area contributed by atoms with Crippen LogP contribution >= 0.6 is 24.2 Å². The minimum atomic E-state index is -0.264. The summed E-state index contributed by atoms with van der Waals surface area (Å²) in [5.41, 5.74) is 6.87. The van der Waals surface area contributed by atoms with Crippen LogP contribution in [0.5, 0.6) is 11.5 Å². The summed E-state index contributed by atoms with van der Waals surface area (Å²) in [5.74, 6) is 2.64. The van der Waals surface area contributed by atoms with Crippen molar-refractivity contribution in [2.45, 2.75) is 25.0 Å². The van der Waals surface area contributed by atoms with E-state index in [9.17, 15) is 4.79 Å². The highest BCUT2D eigenvalue weighted by Crippen LogP contribution is 2.34. The summed E-state index contributed by atoms with van der Waals surface area (Å²) in [6.07, 6.45) is 2.14. The smallest absolute Gasteiger partial charge is 0.311 e. The number of anilines is 2. The van der Waals surface area contributed by atoms with E-state index in [0.717, 1.165) is 18.6 Å². The largest absolute Gasteiger partial charge is 0.493 e. The Kier molecular flexibility index (Phi) is 8.61. The molecule has 184 valence electrons. The topological polar surface area (TPSA) is 133 Å². The van der Waals surface area contributed by atoms with Gasteiger partial charge >= 0.3 is 11.8 Å². The van der Waals surface area contributed by atoms with Crippen molar-refractivity contribution in [1.29, 1.82) is 0 Å². The van der Waals surface area contributed by atoms with Gasteiger partial charge in [-0.25, -0.2) is 4.98 Å². The highest BCUT2D eigenvalue weighted by atomic mass is 35.5. The first-order valence-electron chi connectivity index (χ1n) is 10.7. The molecule has 4 rings (SSSR count). The van der Waals surface area contributed by atoms with Crippen LogP contribution in [-0.2, 0) is 0 Å². The fourth-order valence-corrected chi connectivity index (χ4v) is 4.36. The van der Waals surface area contributed by atoms with Gasteiger partial charge in [-0.3, -0.25) is 4.79 Å². The Morgan fingerprint density at radius 3 is 2.50 bits per heavy atom. The van der Waals surface area contributed by atoms with Crippen molar-refractivity contribution in [3.05, 3.63) is 18.0 Å². The Morgan fingerprint density at radius 1 is 1.12 bits per heavy atom. The molecule has 2 N–H and O–H groups in total. The predicted molar refractivity (Wildman–Crippen MR) is 132 cm³/mol. The Balaban J connectivity index is 0.00000324. The lowest BCUT2D eigenvalue weighted by atomic mass is 10.2. The van der Waals surface area contributed by atoms with Crippen LogP contribution in [0.3, 0.4) is 0 Å². The van der Waals surface area contributed by atoms with Crippen molar-refractivity contribution in [2.24, 2.45) is 0 Å². The molecule has 13 heteroatoms. The van der Waals surface area contributed by atoms with Crippen LogP contribution in [0.2, 0.25) is 0 Å². The summed E-state index contributed by atoms with van der Waals surface area (Å²) >= 11 is 1.47. The Bertz CT molecular complexity index is 1140. The number of ether oxygens (including phenoxy) is 2. The molecule has 0 spiro atoms. The number of amides is 1. The molecule has 0 saturated carbocycles. The van der Waals surface area contributed by atoms with E-state index in [4.69, 9.17) is 19.6 Å². The standard InChI is InChI=1S/C21H27N7O4S.ClH/c1-4-5-10-33-21-26-25-18(32-21)19(29)27-6-8-28(9-7-27)20-23-14-12-16(31-3)15(30-2)11-13(14)17(22)24-20;/h11-12H,4-10H2,1-3H3,(H2,22,23,24);1H. The van der Waals surface area contributed by atoms with Crippen LogP contribution in [0, 0.1) is 0 Å². The highest BCUT2D eigenvalue weighted by molar-refractivity contribution is 7.99. The summed E-state index contributed by atoms with van der Waals surface area (Å²) in [4.78, 5) is 25.6. The first-order valence-corrected chi connectivity index (χ1v) is 11.7. The molecular formula is C21H28ClN7O4S. The van der Waals surface area contributed by atoms with Crippen LogP contribution in [0.15, 0.2) is 21.8 Å². The second-order valence-corrected chi connectivity index (χ2v) is 8.53. The average Bonchev–Trinajstić information content (AvgIpc) is 3.32. The molecule has 2 aromatic heterocycles. The number of methoxy groups -OCH3 is 2. The van der Waals surface area contributed by atoms with Gasteiger partial charge in [-0.2, -0.15) is 4.98 Å². The molecule has 0 bridgehead atoms. The van der Waals surface area contributed by atoms with Gasteiger partial charge in [-0.15, -0.1) is 22.6 Å². The summed E-state index contributed by atoms with van der Waals surface area (Å²) < 4.78 is 16.2. The zero-order valence-electron chi connectivity index (χ0n) is 19.3. The lowest BCUT2D eigenvalue weighted by Gasteiger charge is -2.34. The maximum Gasteiger partial charge on any atom is 0.311 e. The third-order valence-electron chi connectivity index (χ3n) is 5.38. The van der Waals surface area contributed by atoms with Gasteiger partial charge in [0, 0.05) is 43.4 Å². The number of thioether (sulfide) groups is 1. The quantitative estimate of drug-likeness (QED) is 0.355. The number of hydrogen-bond acceptors (Lipinski definition) is 11. The van der Waals surface area contributed by atoms with E-state index in [0.29, 0.717) is 65.6 Å². The van der Waals surface area contributed by atoms with Gasteiger partial charge in [-0.1, -0.05) is 25.1 Å². The zero-order valence-corrected chi connectivity index (χ0v) is 20.9. The number of unbranched alkanes of at least 4 members (excludes halogenated alkanes) is 1. The number of fused-ring (bicyclic) bond motifs is 1. The molecule has 11 nitrogen and oxygen atoms in total. The lowest BCUT2D eigenvalue weighted by molar-refractivity contribution is 0.0700. The first kappa shape index (κ1) is 25.6. The fourth-order valence-electron chi connectivity index (χ4n) is 3.51. The molecule has 0 unspecified atom stereocenters. The molecule has 1 aromatic carbocycles. The minimum Gasteiger partial charge on any atom is -0.493 e. The van der Waals surface area contributed by atoms with Gasteiger partial charge in [-0.05, 0) is 12.5 Å². The number of nitrogens with two attached hydrogens (primary N) is 1. The lowest BCUT2D eigenvalue weighted by Crippen LogP contribution is -2.49. The van der Waals surface area contributed by atoms with Gasteiger partial charge in [0.2, 0.25) is 5.95 Å². The van der Waals surface area contributed by atoms with Crippen molar-refractivity contribution < 1.29 is 18.7 Å². The monoisotopic (exact) mass is 509 g/mol. The van der Waals surface area contributed by atoms with Crippen molar-refractivity contribution >= 4 is 52.7 Å². The highest BCUT2D eigenvalue weighted by Gasteiger charge is 2.27. The number of carbonyl (C=O) groups excluding carboxylic acids is 1. The van der Waals surface area contributed by atoms with E-state index in [2.05, 4.69) is 27.1 Å². The number of benzene rings is 1. The van der Waals surface area contributed by atoms with Crippen molar-refractivity contribution in [2.75, 3.05) is 56.8 Å². The van der Waals surface area contributed by atoms with Crippen LogP contribution in [0.4, 0.5) is 11.8 Å². The number of aromatic nitrogens is 4. The number of rotatable bonds is 8. The van der Waals surface area contributed by atoms with Crippen LogP contribution in [0.1, 0.15) is 30.5 Å². The third-order valence-corrected chi connectivity index (χ3v) is 6.29. The number of hydrogen-bond donors (Lipinski definition) is 1. The number of halogens is 1. The summed E-state index contributed by atoms with van der Waals surface area (Å²) in [7, 11) is 3.14. The van der Waals surface area contributed by atoms with Crippen LogP contribution < -0.4 is 20.1 Å². The second-order valence-electron chi connectivity index (χ2n) is 7.49. The summed E-state index contributed by atoms with van der Waals surface area (Å²) in [6.45, 7) is 4.18. The molecule has 3 heterocycles. The van der Waals surface area contributed by atoms with Gasteiger partial charge in [0.05, 0.1) is 19.7 Å². The number of nitrogen functional groups attached to an aromatic ring is 1. The van der Waals surface area contributed by atoms with E-state index in [-0.39, 0.29) is 24.2 Å². The molecule has 1 amide bonds. The molecule has 0 radical (unpaired) electrons. The van der Waals surface area contributed by atoms with Crippen molar-refractivity contribution in [3.8, 4) is 11.5 Å². The molecule has 1 saturated heterocycles. The Morgan fingerprint density at radius 2 is 1.82 bits per heavy atom. The maximum atomic E-state index is 12.8.